The first-order valence-corrected chi connectivity index (χ1v) is 21.3. The minimum absolute atomic E-state index is 0.818. The van der Waals surface area contributed by atoms with Gasteiger partial charge in [0, 0.05) is 0 Å². The molecule has 0 aromatic carbocycles. The zero-order valence-electron chi connectivity index (χ0n) is 34.9. The predicted octanol–water partition coefficient (Wildman–Crippen LogP) is -13.1. The summed E-state index contributed by atoms with van der Waals surface area (Å²) in [5, 5.41) is 189. The van der Waals surface area contributed by atoms with E-state index in [-0.39, 0.29) is 0 Å². The van der Waals surface area contributed by atoms with E-state index < -0.39 is 224 Å². The fraction of sp³-hybridized carbons (Fsp3) is 1.00. The summed E-state index contributed by atoms with van der Waals surface area (Å²) in [7, 11) is 0. The molecule has 0 aliphatic carbocycles. The van der Waals surface area contributed by atoms with Crippen LogP contribution in [0.1, 0.15) is 0 Å². The largest absolute Gasteiger partial charge is 0.394 e. The summed E-state index contributed by atoms with van der Waals surface area (Å²) in [4.78, 5) is 11.0. The molecule has 67 heavy (non-hydrogen) atoms. The standard InChI is InChI=1S/C36H60O31/c37-1-7-13(43)14(44)19(49)32(56-7)62-25-9(3-39)58-34(21(51)16(25)46)64-27-11(5-41)60-36-30(22(27)52)67-66-29-23(53)35(59-12(6-42)28(29)65-36)63-26-10(4-40)57-33(20(50)17(26)47)61-24-8(2-38)55-31(54)18(48)15(24)45/h7-54H,1-6H2/t7-,8-,9-,10-,11-,12-,13-,14+,15-,16-,17-,18-,19-,20-,21-,22+,23-,24-,25-,26-,27-,28-,29-,30-,31-,32+,33+,34+,35+,36+/m1/s1. The Morgan fingerprint density at radius 1 is 0.269 bits per heavy atom. The molecule has 31 heteroatoms. The molecule has 0 aromatic rings. The highest BCUT2D eigenvalue weighted by molar-refractivity contribution is 5.01. The molecule has 390 valence electrons. The van der Waals surface area contributed by atoms with Gasteiger partial charge in [-0.1, -0.05) is 0 Å². The zero-order chi connectivity index (χ0) is 48.8. The maximum Gasteiger partial charge on any atom is 0.190 e. The summed E-state index contributed by atoms with van der Waals surface area (Å²) < 4.78 is 61.8. The number of fused-ring (bicyclic) bond motifs is 2. The van der Waals surface area contributed by atoms with Crippen LogP contribution >= 0.6 is 0 Å². The third kappa shape index (κ3) is 10.5. The SMILES string of the molecule is OC[C@H]1O[C@@H](O[C@H]2[C@H](O)[C@@H](O)[C@H](O[C@H]3[C@H](O)[C@H]4OO[C@@H]5[C@@H](O)[C@H](O[C@H]6[C@H](O)[C@@H](O)[C@H](O[C@H]7[C@H](O)[C@@H](O)[C@H](O)O[C@@H]7CO)O[C@@H]6CO)O[C@H](CO)[C@H]5O[C@@H]4O[C@@H]3CO)O[C@@H]2CO)[C@H](O)[C@@H](O)[C@@H]1O. The number of hydrogen-bond donors (Lipinski definition) is 18. The average molecular weight is 989 g/mol. The maximum atomic E-state index is 11.6. The van der Waals surface area contributed by atoms with E-state index in [1.165, 1.54) is 0 Å². The van der Waals surface area contributed by atoms with Gasteiger partial charge < -0.3 is 144 Å². The van der Waals surface area contributed by atoms with E-state index in [9.17, 15) is 91.9 Å². The van der Waals surface area contributed by atoms with E-state index >= 15 is 0 Å². The van der Waals surface area contributed by atoms with E-state index in [2.05, 4.69) is 0 Å². The molecule has 0 amide bonds. The van der Waals surface area contributed by atoms with Gasteiger partial charge in [-0.05, 0) is 0 Å². The van der Waals surface area contributed by atoms with Gasteiger partial charge in [0.1, 0.15) is 134 Å². The van der Waals surface area contributed by atoms with Gasteiger partial charge in [0.2, 0.25) is 0 Å². The molecule has 7 aliphatic heterocycles. The Morgan fingerprint density at radius 2 is 0.627 bits per heavy atom. The van der Waals surface area contributed by atoms with Crippen molar-refractivity contribution in [3.63, 3.8) is 0 Å². The number of aliphatic hydroxyl groups excluding tert-OH is 18. The lowest BCUT2D eigenvalue weighted by Crippen LogP contribution is -2.67. The first-order chi connectivity index (χ1) is 31.9. The first-order valence-electron chi connectivity index (χ1n) is 21.3. The number of aliphatic hydroxyl groups is 18. The molecule has 30 atom stereocenters. The molecular formula is C36H60O31. The quantitative estimate of drug-likeness (QED) is 0.0719. The number of ether oxygens (including phenoxy) is 11. The van der Waals surface area contributed by atoms with Crippen LogP contribution in [-0.2, 0) is 61.9 Å². The summed E-state index contributed by atoms with van der Waals surface area (Å²) in [5.41, 5.74) is 0. The Morgan fingerprint density at radius 3 is 1.10 bits per heavy atom. The van der Waals surface area contributed by atoms with Crippen LogP contribution in [0.3, 0.4) is 0 Å². The van der Waals surface area contributed by atoms with Crippen LogP contribution < -0.4 is 0 Å². The van der Waals surface area contributed by atoms with Crippen molar-refractivity contribution >= 4 is 0 Å². The Balaban J connectivity index is 1.00. The third-order valence-electron chi connectivity index (χ3n) is 12.7. The van der Waals surface area contributed by atoms with Crippen LogP contribution in [0.5, 0.6) is 0 Å². The minimum Gasteiger partial charge on any atom is -0.394 e. The smallest absolute Gasteiger partial charge is 0.190 e. The second-order valence-electron chi connectivity index (χ2n) is 16.9. The molecule has 7 rings (SSSR count). The van der Waals surface area contributed by atoms with Crippen LogP contribution in [0.4, 0.5) is 0 Å². The summed E-state index contributed by atoms with van der Waals surface area (Å²) in [6, 6.07) is 0. The second-order valence-corrected chi connectivity index (χ2v) is 16.9. The highest BCUT2D eigenvalue weighted by atomic mass is 17.2. The van der Waals surface area contributed by atoms with Gasteiger partial charge in [0.15, 0.2) is 49.9 Å². The summed E-state index contributed by atoms with van der Waals surface area (Å²) in [6.45, 7) is -5.35. The van der Waals surface area contributed by atoms with Crippen molar-refractivity contribution in [2.45, 2.75) is 184 Å². The highest BCUT2D eigenvalue weighted by Crippen LogP contribution is 2.39. The van der Waals surface area contributed by atoms with Crippen molar-refractivity contribution in [1.82, 2.24) is 0 Å². The normalized spacial score (nSPS) is 54.2. The Hall–Kier alpha value is -1.24. The topological polar surface area (TPSA) is 484 Å². The Labute approximate surface area is 377 Å². The molecule has 0 radical (unpaired) electrons. The molecule has 7 fully saturated rings. The van der Waals surface area contributed by atoms with Gasteiger partial charge in [0.25, 0.3) is 0 Å². The second kappa shape index (κ2) is 22.7. The van der Waals surface area contributed by atoms with E-state index in [0.29, 0.717) is 0 Å². The molecular weight excluding hydrogens is 928 g/mol. The van der Waals surface area contributed by atoms with Gasteiger partial charge in [-0.2, -0.15) is 0 Å². The maximum absolute atomic E-state index is 11.6. The predicted molar refractivity (Wildman–Crippen MR) is 197 cm³/mol. The fourth-order valence-electron chi connectivity index (χ4n) is 8.83. The molecule has 18 N–H and O–H groups in total. The van der Waals surface area contributed by atoms with Crippen molar-refractivity contribution in [2.24, 2.45) is 0 Å². The van der Waals surface area contributed by atoms with Crippen molar-refractivity contribution in [3.05, 3.63) is 0 Å². The highest BCUT2D eigenvalue weighted by Gasteiger charge is 2.60. The Bertz CT molecular complexity index is 1530. The lowest BCUT2D eigenvalue weighted by Gasteiger charge is -2.48. The summed E-state index contributed by atoms with van der Waals surface area (Å²) in [5.74, 6) is 0. The molecule has 7 heterocycles. The molecule has 7 aliphatic rings. The van der Waals surface area contributed by atoms with Gasteiger partial charge in [-0.15, -0.1) is 0 Å². The van der Waals surface area contributed by atoms with E-state index in [1.54, 1.807) is 0 Å². The van der Waals surface area contributed by atoms with Crippen LogP contribution in [-0.4, -0.2) is 316 Å². The average Bonchev–Trinajstić information content (AvgIpc) is 3.52. The van der Waals surface area contributed by atoms with E-state index in [0.717, 1.165) is 0 Å². The van der Waals surface area contributed by atoms with Crippen LogP contribution in [0.25, 0.3) is 0 Å². The van der Waals surface area contributed by atoms with Crippen molar-refractivity contribution < 1.29 is 154 Å². The number of rotatable bonds is 14. The molecule has 0 spiro atoms. The van der Waals surface area contributed by atoms with E-state index in [1.807, 2.05) is 0 Å². The molecule has 0 aromatic heterocycles. The molecule has 0 bridgehead atoms. The van der Waals surface area contributed by atoms with Gasteiger partial charge in [-0.25, -0.2) is 9.78 Å². The molecule has 0 saturated carbocycles. The fourth-order valence-corrected chi connectivity index (χ4v) is 8.83. The number of hydrogen-bond acceptors (Lipinski definition) is 31. The molecule has 0 unspecified atom stereocenters. The van der Waals surface area contributed by atoms with Crippen molar-refractivity contribution in [3.8, 4) is 0 Å². The van der Waals surface area contributed by atoms with Crippen molar-refractivity contribution in [2.75, 3.05) is 39.6 Å². The zero-order valence-corrected chi connectivity index (χ0v) is 34.9. The monoisotopic (exact) mass is 988 g/mol. The lowest BCUT2D eigenvalue weighted by molar-refractivity contribution is -0.423. The van der Waals surface area contributed by atoms with Crippen molar-refractivity contribution in [1.29, 1.82) is 0 Å². The van der Waals surface area contributed by atoms with E-state index in [4.69, 9.17) is 61.9 Å². The van der Waals surface area contributed by atoms with Crippen LogP contribution in [0.15, 0.2) is 0 Å². The Kier molecular flexibility index (Phi) is 18.1. The first kappa shape index (κ1) is 53.6. The molecule has 7 saturated heterocycles. The van der Waals surface area contributed by atoms with Gasteiger partial charge in [-0.3, -0.25) is 0 Å². The van der Waals surface area contributed by atoms with Crippen LogP contribution in [0, 0.1) is 0 Å². The van der Waals surface area contributed by atoms with Gasteiger partial charge in [0.05, 0.1) is 39.6 Å². The summed E-state index contributed by atoms with van der Waals surface area (Å²) in [6.07, 6.45) is -53.6. The third-order valence-corrected chi connectivity index (χ3v) is 12.7. The van der Waals surface area contributed by atoms with Gasteiger partial charge >= 0.3 is 0 Å². The molecule has 31 nitrogen and oxygen atoms in total. The lowest BCUT2D eigenvalue weighted by atomic mass is 9.95. The summed E-state index contributed by atoms with van der Waals surface area (Å²) >= 11 is 0. The minimum atomic E-state index is -2.08. The van der Waals surface area contributed by atoms with Crippen LogP contribution in [0.2, 0.25) is 0 Å².